The van der Waals surface area contributed by atoms with Gasteiger partial charge in [-0.1, -0.05) is 15.9 Å². The van der Waals surface area contributed by atoms with Gasteiger partial charge in [0.15, 0.2) is 0 Å². The van der Waals surface area contributed by atoms with Gasteiger partial charge in [0.2, 0.25) is 5.91 Å². The third-order valence-electron chi connectivity index (χ3n) is 2.55. The Morgan fingerprint density at radius 2 is 2.11 bits per heavy atom. The van der Waals surface area contributed by atoms with Crippen molar-refractivity contribution < 1.29 is 9.59 Å². The first kappa shape index (κ1) is 14.5. The monoisotopic (exact) mass is 313 g/mol. The van der Waals surface area contributed by atoms with E-state index in [1.54, 1.807) is 32.3 Å². The zero-order chi connectivity index (χ0) is 13.7. The number of hydrogen-bond donors (Lipinski definition) is 2. The van der Waals surface area contributed by atoms with E-state index in [2.05, 4.69) is 21.2 Å². The summed E-state index contributed by atoms with van der Waals surface area (Å²) in [4.78, 5) is 24.7. The summed E-state index contributed by atoms with van der Waals surface area (Å²) in [7, 11) is 3.21. The lowest BCUT2D eigenvalue weighted by atomic mass is 10.1. The standard InChI is InChI=1S/C12H16BrN3O2/c1-15-11(17)5-6-16(2)12(18)9-7-8(13)3-4-10(9)14/h3-4,7H,5-6,14H2,1-2H3,(H,15,17). The molecule has 5 nitrogen and oxygen atoms in total. The zero-order valence-electron chi connectivity index (χ0n) is 10.4. The first-order chi connectivity index (χ1) is 8.45. The van der Waals surface area contributed by atoms with Gasteiger partial charge in [-0.15, -0.1) is 0 Å². The molecule has 6 heteroatoms. The molecule has 0 radical (unpaired) electrons. The molecule has 3 N–H and O–H groups in total. The third kappa shape index (κ3) is 3.73. The summed E-state index contributed by atoms with van der Waals surface area (Å²) in [5.41, 5.74) is 6.62. The van der Waals surface area contributed by atoms with Crippen molar-refractivity contribution in [3.8, 4) is 0 Å². The molecule has 18 heavy (non-hydrogen) atoms. The van der Waals surface area contributed by atoms with Crippen molar-refractivity contribution in [2.75, 3.05) is 26.4 Å². The van der Waals surface area contributed by atoms with Crippen LogP contribution in [0, 0.1) is 0 Å². The van der Waals surface area contributed by atoms with Gasteiger partial charge in [-0.3, -0.25) is 9.59 Å². The number of amides is 2. The molecule has 2 amide bonds. The fourth-order valence-corrected chi connectivity index (χ4v) is 1.78. The van der Waals surface area contributed by atoms with Gasteiger partial charge in [0, 0.05) is 37.2 Å². The normalized spacial score (nSPS) is 9.94. The Morgan fingerprint density at radius 3 is 2.72 bits per heavy atom. The van der Waals surface area contributed by atoms with Gasteiger partial charge in [0.25, 0.3) is 5.91 Å². The number of rotatable bonds is 4. The van der Waals surface area contributed by atoms with Gasteiger partial charge in [0.1, 0.15) is 0 Å². The maximum atomic E-state index is 12.1. The largest absolute Gasteiger partial charge is 0.398 e. The summed E-state index contributed by atoms with van der Waals surface area (Å²) in [5.74, 6) is -0.297. The Kier molecular flexibility index (Phi) is 5.15. The smallest absolute Gasteiger partial charge is 0.255 e. The molecule has 0 bridgehead atoms. The quantitative estimate of drug-likeness (QED) is 0.821. The Morgan fingerprint density at radius 1 is 1.44 bits per heavy atom. The van der Waals surface area contributed by atoms with Crippen LogP contribution in [0.4, 0.5) is 5.69 Å². The number of hydrogen-bond acceptors (Lipinski definition) is 3. The van der Waals surface area contributed by atoms with Crippen LogP contribution in [0.15, 0.2) is 22.7 Å². The van der Waals surface area contributed by atoms with Crippen molar-refractivity contribution in [3.05, 3.63) is 28.2 Å². The highest BCUT2D eigenvalue weighted by molar-refractivity contribution is 9.10. The number of nitrogen functional groups attached to an aromatic ring is 1. The van der Waals surface area contributed by atoms with Crippen molar-refractivity contribution in [3.63, 3.8) is 0 Å². The van der Waals surface area contributed by atoms with E-state index in [0.29, 0.717) is 17.8 Å². The molecule has 0 aliphatic carbocycles. The molecule has 1 aromatic rings. The molecule has 1 rings (SSSR count). The van der Waals surface area contributed by atoms with E-state index in [9.17, 15) is 9.59 Å². The summed E-state index contributed by atoms with van der Waals surface area (Å²) in [6, 6.07) is 5.12. The lowest BCUT2D eigenvalue weighted by Gasteiger charge is -2.17. The lowest BCUT2D eigenvalue weighted by molar-refractivity contribution is -0.120. The molecular formula is C12H16BrN3O2. The first-order valence-corrected chi connectivity index (χ1v) is 6.26. The molecule has 0 atom stereocenters. The van der Waals surface area contributed by atoms with Crippen LogP contribution in [-0.4, -0.2) is 37.4 Å². The molecule has 0 saturated carbocycles. The molecule has 0 saturated heterocycles. The van der Waals surface area contributed by atoms with Gasteiger partial charge in [-0.25, -0.2) is 0 Å². The summed E-state index contributed by atoms with van der Waals surface area (Å²) >= 11 is 3.30. The second-order valence-electron chi connectivity index (χ2n) is 3.88. The predicted molar refractivity (Wildman–Crippen MR) is 74.2 cm³/mol. The second kappa shape index (κ2) is 6.39. The fraction of sp³-hybridized carbons (Fsp3) is 0.333. The fourth-order valence-electron chi connectivity index (χ4n) is 1.42. The van der Waals surface area contributed by atoms with Crippen LogP contribution in [0.25, 0.3) is 0 Å². The van der Waals surface area contributed by atoms with E-state index in [0.717, 1.165) is 4.47 Å². The number of nitrogens with two attached hydrogens (primary N) is 1. The van der Waals surface area contributed by atoms with Crippen molar-refractivity contribution in [2.45, 2.75) is 6.42 Å². The minimum absolute atomic E-state index is 0.100. The van der Waals surface area contributed by atoms with Crippen LogP contribution >= 0.6 is 15.9 Å². The number of nitrogens with one attached hydrogen (secondary N) is 1. The van der Waals surface area contributed by atoms with Crippen molar-refractivity contribution in [1.29, 1.82) is 0 Å². The molecule has 0 spiro atoms. The van der Waals surface area contributed by atoms with E-state index >= 15 is 0 Å². The Balaban J connectivity index is 2.74. The van der Waals surface area contributed by atoms with E-state index in [1.807, 2.05) is 0 Å². The molecule has 1 aromatic carbocycles. The first-order valence-electron chi connectivity index (χ1n) is 5.46. The van der Waals surface area contributed by atoms with Gasteiger partial charge >= 0.3 is 0 Å². The van der Waals surface area contributed by atoms with E-state index in [4.69, 9.17) is 5.73 Å². The van der Waals surface area contributed by atoms with E-state index in [-0.39, 0.29) is 18.2 Å². The molecular weight excluding hydrogens is 298 g/mol. The van der Waals surface area contributed by atoms with Crippen molar-refractivity contribution >= 4 is 33.4 Å². The molecule has 0 aliphatic heterocycles. The molecule has 0 fully saturated rings. The molecule has 98 valence electrons. The Labute approximate surface area is 114 Å². The Bertz CT molecular complexity index is 463. The number of halogens is 1. The van der Waals surface area contributed by atoms with Crippen LogP contribution in [0.2, 0.25) is 0 Å². The van der Waals surface area contributed by atoms with E-state index < -0.39 is 0 Å². The summed E-state index contributed by atoms with van der Waals surface area (Å²) in [6.45, 7) is 0.352. The number of carbonyl (C=O) groups excluding carboxylic acids is 2. The van der Waals surface area contributed by atoms with Crippen LogP contribution in [0.1, 0.15) is 16.8 Å². The van der Waals surface area contributed by atoms with Gasteiger partial charge < -0.3 is 16.0 Å². The second-order valence-corrected chi connectivity index (χ2v) is 4.80. The van der Waals surface area contributed by atoms with Crippen LogP contribution < -0.4 is 11.1 Å². The molecule has 0 aromatic heterocycles. The van der Waals surface area contributed by atoms with Crippen molar-refractivity contribution in [2.24, 2.45) is 0 Å². The molecule has 0 heterocycles. The summed E-state index contributed by atoms with van der Waals surface area (Å²) < 4.78 is 0.791. The predicted octanol–water partition coefficient (Wildman–Crippen LogP) is 1.24. The SMILES string of the molecule is CNC(=O)CCN(C)C(=O)c1cc(Br)ccc1N. The number of anilines is 1. The number of nitrogens with zero attached hydrogens (tertiary/aromatic N) is 1. The molecule has 0 unspecified atom stereocenters. The maximum absolute atomic E-state index is 12.1. The lowest BCUT2D eigenvalue weighted by Crippen LogP contribution is -2.31. The minimum Gasteiger partial charge on any atom is -0.398 e. The number of benzene rings is 1. The van der Waals surface area contributed by atoms with Gasteiger partial charge in [-0.2, -0.15) is 0 Å². The summed E-state index contributed by atoms with van der Waals surface area (Å²) in [5, 5.41) is 2.51. The average Bonchev–Trinajstić information content (AvgIpc) is 2.37. The molecule has 0 aliphatic rings. The maximum Gasteiger partial charge on any atom is 0.255 e. The van der Waals surface area contributed by atoms with E-state index in [1.165, 1.54) is 4.90 Å². The minimum atomic E-state index is -0.197. The third-order valence-corrected chi connectivity index (χ3v) is 3.04. The Hall–Kier alpha value is -1.56. The van der Waals surface area contributed by atoms with Crippen LogP contribution in [0.5, 0.6) is 0 Å². The van der Waals surface area contributed by atoms with Crippen LogP contribution in [-0.2, 0) is 4.79 Å². The average molecular weight is 314 g/mol. The van der Waals surface area contributed by atoms with Crippen LogP contribution in [0.3, 0.4) is 0 Å². The topological polar surface area (TPSA) is 75.4 Å². The van der Waals surface area contributed by atoms with Gasteiger partial charge in [0.05, 0.1) is 5.56 Å². The highest BCUT2D eigenvalue weighted by Crippen LogP contribution is 2.19. The van der Waals surface area contributed by atoms with Crippen molar-refractivity contribution in [1.82, 2.24) is 10.2 Å². The summed E-state index contributed by atoms with van der Waals surface area (Å²) in [6.07, 6.45) is 0.270. The highest BCUT2D eigenvalue weighted by atomic mass is 79.9. The van der Waals surface area contributed by atoms with Gasteiger partial charge in [-0.05, 0) is 18.2 Å². The highest BCUT2D eigenvalue weighted by Gasteiger charge is 2.15. The zero-order valence-corrected chi connectivity index (χ0v) is 12.0. The number of carbonyl (C=O) groups is 2.